The summed E-state index contributed by atoms with van der Waals surface area (Å²) in [6.07, 6.45) is 4.20. The van der Waals surface area contributed by atoms with E-state index < -0.39 is 11.8 Å². The third-order valence-corrected chi connectivity index (χ3v) is 5.54. The lowest BCUT2D eigenvalue weighted by Gasteiger charge is -2.12. The number of aliphatic carboxylic acids is 1. The molecule has 0 aliphatic rings. The van der Waals surface area contributed by atoms with Crippen molar-refractivity contribution in [3.8, 4) is 16.9 Å². The number of halogens is 2. The van der Waals surface area contributed by atoms with Crippen molar-refractivity contribution < 1.29 is 19.0 Å². The molecular weight excluding hydrogens is 439 g/mol. The van der Waals surface area contributed by atoms with Crippen LogP contribution in [0.15, 0.2) is 72.8 Å². The first-order chi connectivity index (χ1) is 15.8. The molecule has 0 aliphatic carbocycles. The van der Waals surface area contributed by atoms with Crippen LogP contribution < -0.4 is 4.74 Å². The maximum absolute atomic E-state index is 13.8. The van der Waals surface area contributed by atoms with Crippen molar-refractivity contribution in [2.24, 2.45) is 0 Å². The highest BCUT2D eigenvalue weighted by Gasteiger charge is 2.16. The van der Waals surface area contributed by atoms with Crippen LogP contribution in [0, 0.1) is 12.7 Å². The van der Waals surface area contributed by atoms with Gasteiger partial charge >= 0.3 is 5.97 Å². The molecule has 0 bridgehead atoms. The minimum atomic E-state index is -1.12. The Morgan fingerprint density at radius 1 is 1.06 bits per heavy atom. The standard InChI is InChI=1S/C28H26ClFO3/c1-4-6-20(15-26(28(31)32)25-17-22(30)11-7-18(25)3)21-10-14-24(27(29)16-21)19-8-12-23(13-9-19)33-5-2/h6-17H,4-5H2,1-3H3,(H,31,32)/b20-6-,26-15+. The fourth-order valence-electron chi connectivity index (χ4n) is 3.60. The van der Waals surface area contributed by atoms with Gasteiger partial charge in [0.05, 0.1) is 12.2 Å². The van der Waals surface area contributed by atoms with Crippen molar-refractivity contribution in [3.05, 3.63) is 100 Å². The topological polar surface area (TPSA) is 46.5 Å². The number of ether oxygens (including phenoxy) is 1. The molecule has 170 valence electrons. The largest absolute Gasteiger partial charge is 0.494 e. The molecule has 0 heterocycles. The highest BCUT2D eigenvalue weighted by Crippen LogP contribution is 2.33. The molecule has 33 heavy (non-hydrogen) atoms. The normalized spacial score (nSPS) is 12.0. The minimum absolute atomic E-state index is 0.0263. The molecule has 0 fully saturated rings. The Kier molecular flexibility index (Phi) is 8.07. The number of hydrogen-bond donors (Lipinski definition) is 1. The van der Waals surface area contributed by atoms with Crippen LogP contribution >= 0.6 is 11.6 Å². The van der Waals surface area contributed by atoms with E-state index in [9.17, 15) is 14.3 Å². The summed E-state index contributed by atoms with van der Waals surface area (Å²) in [5.74, 6) is -0.810. The number of carboxylic acids is 1. The first-order valence-electron chi connectivity index (χ1n) is 10.8. The Balaban J connectivity index is 2.02. The SMILES string of the molecule is CC/C=C(/C=C(/C(=O)O)c1cc(F)ccc1C)c1ccc(-c2ccc(OCC)cc2)c(Cl)c1. The number of carboxylic acid groups (broad SMARTS) is 1. The van der Waals surface area contributed by atoms with Crippen LogP contribution in [0.25, 0.3) is 22.3 Å². The van der Waals surface area contributed by atoms with Crippen molar-refractivity contribution in [1.82, 2.24) is 0 Å². The molecule has 5 heteroatoms. The van der Waals surface area contributed by atoms with Crippen LogP contribution in [0.3, 0.4) is 0 Å². The van der Waals surface area contributed by atoms with Gasteiger partial charge in [-0.3, -0.25) is 0 Å². The molecule has 0 atom stereocenters. The van der Waals surface area contributed by atoms with Gasteiger partial charge < -0.3 is 9.84 Å². The van der Waals surface area contributed by atoms with Gasteiger partial charge in [-0.15, -0.1) is 0 Å². The lowest BCUT2D eigenvalue weighted by Crippen LogP contribution is -2.03. The molecule has 0 amide bonds. The van der Waals surface area contributed by atoms with Crippen LogP contribution in [0.1, 0.15) is 37.0 Å². The van der Waals surface area contributed by atoms with Gasteiger partial charge in [0.25, 0.3) is 0 Å². The summed E-state index contributed by atoms with van der Waals surface area (Å²) in [5, 5.41) is 10.4. The molecular formula is C28H26ClFO3. The second kappa shape index (κ2) is 11.0. The van der Waals surface area contributed by atoms with Gasteiger partial charge in [-0.25, -0.2) is 9.18 Å². The molecule has 0 saturated carbocycles. The number of aryl methyl sites for hydroxylation is 1. The van der Waals surface area contributed by atoms with Crippen molar-refractivity contribution in [1.29, 1.82) is 0 Å². The molecule has 0 aliphatic heterocycles. The van der Waals surface area contributed by atoms with E-state index in [4.69, 9.17) is 16.3 Å². The zero-order chi connectivity index (χ0) is 24.0. The van der Waals surface area contributed by atoms with E-state index >= 15 is 0 Å². The van der Waals surface area contributed by atoms with Crippen molar-refractivity contribution >= 4 is 28.7 Å². The summed E-state index contributed by atoms with van der Waals surface area (Å²) in [7, 11) is 0. The van der Waals surface area contributed by atoms with Crippen molar-refractivity contribution in [2.45, 2.75) is 27.2 Å². The summed E-state index contributed by atoms with van der Waals surface area (Å²) in [4.78, 5) is 12.1. The molecule has 3 aromatic rings. The first kappa shape index (κ1) is 24.3. The Bertz CT molecular complexity index is 1210. The van der Waals surface area contributed by atoms with E-state index in [2.05, 4.69) is 0 Å². The zero-order valence-corrected chi connectivity index (χ0v) is 19.6. The Labute approximate surface area is 198 Å². The van der Waals surface area contributed by atoms with Crippen molar-refractivity contribution in [2.75, 3.05) is 6.61 Å². The van der Waals surface area contributed by atoms with Gasteiger partial charge in [0.2, 0.25) is 0 Å². The van der Waals surface area contributed by atoms with Gasteiger partial charge in [0.1, 0.15) is 11.6 Å². The smallest absolute Gasteiger partial charge is 0.336 e. The summed E-state index contributed by atoms with van der Waals surface area (Å²) in [6.45, 7) is 6.27. The van der Waals surface area contributed by atoms with Gasteiger partial charge in [-0.05, 0) is 84.5 Å². The van der Waals surface area contributed by atoms with E-state index in [-0.39, 0.29) is 5.57 Å². The second-order valence-electron chi connectivity index (χ2n) is 7.54. The van der Waals surface area contributed by atoms with Gasteiger partial charge in [-0.2, -0.15) is 0 Å². The van der Waals surface area contributed by atoms with Crippen molar-refractivity contribution in [3.63, 3.8) is 0 Å². The van der Waals surface area contributed by atoms with E-state index in [1.165, 1.54) is 12.1 Å². The number of rotatable bonds is 8. The average Bonchev–Trinajstić information content (AvgIpc) is 2.79. The highest BCUT2D eigenvalue weighted by molar-refractivity contribution is 6.33. The molecule has 0 aromatic heterocycles. The summed E-state index contributed by atoms with van der Waals surface area (Å²) in [6, 6.07) is 17.5. The lowest BCUT2D eigenvalue weighted by molar-refractivity contribution is -0.130. The predicted octanol–water partition coefficient (Wildman–Crippen LogP) is 7.81. The molecule has 0 unspecified atom stereocenters. The monoisotopic (exact) mass is 464 g/mol. The Morgan fingerprint density at radius 2 is 1.79 bits per heavy atom. The molecule has 0 spiro atoms. The summed E-state index contributed by atoms with van der Waals surface area (Å²) in [5.41, 5.74) is 4.36. The minimum Gasteiger partial charge on any atom is -0.494 e. The van der Waals surface area contributed by atoms with Crippen LogP contribution in [0.2, 0.25) is 5.02 Å². The van der Waals surface area contributed by atoms with Gasteiger partial charge in [-0.1, -0.05) is 54.9 Å². The van der Waals surface area contributed by atoms with Crippen LogP contribution in [-0.4, -0.2) is 17.7 Å². The maximum atomic E-state index is 13.8. The third-order valence-electron chi connectivity index (χ3n) is 5.22. The van der Waals surface area contributed by atoms with E-state index in [0.717, 1.165) is 22.4 Å². The van der Waals surface area contributed by atoms with Crippen LogP contribution in [0.4, 0.5) is 4.39 Å². The van der Waals surface area contributed by atoms with E-state index in [1.807, 2.05) is 62.4 Å². The summed E-state index contributed by atoms with van der Waals surface area (Å²) >= 11 is 6.63. The Hall–Kier alpha value is -3.37. The Morgan fingerprint density at radius 3 is 2.39 bits per heavy atom. The fraction of sp³-hybridized carbons (Fsp3) is 0.179. The quantitative estimate of drug-likeness (QED) is 0.273. The molecule has 3 aromatic carbocycles. The number of allylic oxidation sites excluding steroid dienone is 3. The third kappa shape index (κ3) is 5.91. The summed E-state index contributed by atoms with van der Waals surface area (Å²) < 4.78 is 19.3. The first-order valence-corrected chi connectivity index (χ1v) is 11.2. The number of hydrogen-bond acceptors (Lipinski definition) is 2. The lowest BCUT2D eigenvalue weighted by atomic mass is 9.94. The van der Waals surface area contributed by atoms with Crippen LogP contribution in [-0.2, 0) is 4.79 Å². The zero-order valence-electron chi connectivity index (χ0n) is 18.9. The number of carbonyl (C=O) groups is 1. The van der Waals surface area contributed by atoms with Gasteiger partial charge in [0.15, 0.2) is 0 Å². The average molecular weight is 465 g/mol. The van der Waals surface area contributed by atoms with E-state index in [1.54, 1.807) is 19.1 Å². The second-order valence-corrected chi connectivity index (χ2v) is 7.95. The molecule has 1 N–H and O–H groups in total. The van der Waals surface area contributed by atoms with Gasteiger partial charge in [0, 0.05) is 10.6 Å². The predicted molar refractivity (Wildman–Crippen MR) is 133 cm³/mol. The molecule has 3 nitrogen and oxygen atoms in total. The molecule has 0 saturated heterocycles. The van der Waals surface area contributed by atoms with E-state index in [0.29, 0.717) is 34.8 Å². The van der Waals surface area contributed by atoms with Crippen LogP contribution in [0.5, 0.6) is 5.75 Å². The number of benzene rings is 3. The highest BCUT2D eigenvalue weighted by atomic mass is 35.5. The fourth-order valence-corrected chi connectivity index (χ4v) is 3.89. The molecule has 0 radical (unpaired) electrons. The molecule has 3 rings (SSSR count). The maximum Gasteiger partial charge on any atom is 0.336 e.